The van der Waals surface area contributed by atoms with Gasteiger partial charge in [0, 0.05) is 19.3 Å². The van der Waals surface area contributed by atoms with Crippen LogP contribution >= 0.6 is 0 Å². The Balaban J connectivity index is 2.14. The molecule has 1 aromatic rings. The number of carbonyl (C=O) groups excluding carboxylic acids is 1. The van der Waals surface area contributed by atoms with Gasteiger partial charge < -0.3 is 4.90 Å². The monoisotopic (exact) mass is 218 g/mol. The van der Waals surface area contributed by atoms with Gasteiger partial charge in [-0.3, -0.25) is 9.78 Å². The summed E-state index contributed by atoms with van der Waals surface area (Å²) in [6.45, 7) is 3.71. The first-order valence-electron chi connectivity index (χ1n) is 6.00. The van der Waals surface area contributed by atoms with Crippen molar-refractivity contribution in [2.24, 2.45) is 0 Å². The molecular formula is C13H18N2O. The third kappa shape index (κ3) is 2.40. The molecule has 16 heavy (non-hydrogen) atoms. The lowest BCUT2D eigenvalue weighted by molar-refractivity contribution is 0.0755. The predicted molar refractivity (Wildman–Crippen MR) is 63.3 cm³/mol. The Labute approximate surface area is 96.5 Å². The van der Waals surface area contributed by atoms with Gasteiger partial charge in [0.2, 0.25) is 0 Å². The van der Waals surface area contributed by atoms with Crippen LogP contribution in [-0.2, 0) is 0 Å². The summed E-state index contributed by atoms with van der Waals surface area (Å²) < 4.78 is 0. The summed E-state index contributed by atoms with van der Waals surface area (Å²) in [6, 6.07) is 3.81. The number of aromatic nitrogens is 1. The van der Waals surface area contributed by atoms with Gasteiger partial charge in [-0.2, -0.15) is 0 Å². The van der Waals surface area contributed by atoms with E-state index >= 15 is 0 Å². The van der Waals surface area contributed by atoms with Crippen molar-refractivity contribution < 1.29 is 4.79 Å². The zero-order valence-electron chi connectivity index (χ0n) is 9.78. The lowest BCUT2D eigenvalue weighted by Gasteiger charge is -2.20. The van der Waals surface area contributed by atoms with Crippen LogP contribution in [0.2, 0.25) is 0 Å². The standard InChI is InChI=1S/C13H18N2O/c1-11-7-6-8-14-12(11)13(16)15-9-4-2-3-5-10-15/h6-8H,2-5,9-10H2,1H3. The highest BCUT2D eigenvalue weighted by Crippen LogP contribution is 2.13. The highest BCUT2D eigenvalue weighted by Gasteiger charge is 2.19. The molecule has 0 N–H and O–H groups in total. The van der Waals surface area contributed by atoms with E-state index < -0.39 is 0 Å². The van der Waals surface area contributed by atoms with Crippen LogP contribution < -0.4 is 0 Å². The summed E-state index contributed by atoms with van der Waals surface area (Å²) in [5.41, 5.74) is 1.58. The predicted octanol–water partition coefficient (Wildman–Crippen LogP) is 2.41. The van der Waals surface area contributed by atoms with Crippen molar-refractivity contribution in [1.82, 2.24) is 9.88 Å². The molecular weight excluding hydrogens is 200 g/mol. The molecule has 0 bridgehead atoms. The first-order chi connectivity index (χ1) is 7.79. The van der Waals surface area contributed by atoms with Gasteiger partial charge >= 0.3 is 0 Å². The molecule has 1 aliphatic heterocycles. The Bertz CT molecular complexity index is 368. The number of pyridine rings is 1. The van der Waals surface area contributed by atoms with Gasteiger partial charge in [0.15, 0.2) is 0 Å². The molecule has 2 heterocycles. The van der Waals surface area contributed by atoms with E-state index in [-0.39, 0.29) is 5.91 Å². The van der Waals surface area contributed by atoms with Crippen molar-refractivity contribution in [2.75, 3.05) is 13.1 Å². The van der Waals surface area contributed by atoms with Crippen LogP contribution in [0.4, 0.5) is 0 Å². The zero-order chi connectivity index (χ0) is 11.4. The van der Waals surface area contributed by atoms with Crippen LogP contribution in [0.5, 0.6) is 0 Å². The van der Waals surface area contributed by atoms with Crippen molar-refractivity contribution in [3.8, 4) is 0 Å². The Hall–Kier alpha value is -1.38. The molecule has 3 heteroatoms. The Morgan fingerprint density at radius 2 is 1.94 bits per heavy atom. The minimum atomic E-state index is 0.0972. The van der Waals surface area contributed by atoms with Crippen molar-refractivity contribution in [2.45, 2.75) is 32.6 Å². The van der Waals surface area contributed by atoms with Gasteiger partial charge in [-0.05, 0) is 31.4 Å². The summed E-state index contributed by atoms with van der Waals surface area (Å²) in [6.07, 6.45) is 6.42. The number of amides is 1. The molecule has 0 spiro atoms. The van der Waals surface area contributed by atoms with E-state index in [1.54, 1.807) is 6.20 Å². The summed E-state index contributed by atoms with van der Waals surface area (Å²) in [4.78, 5) is 18.4. The molecule has 0 radical (unpaired) electrons. The number of carbonyl (C=O) groups is 1. The summed E-state index contributed by atoms with van der Waals surface area (Å²) in [7, 11) is 0. The molecule has 2 rings (SSSR count). The van der Waals surface area contributed by atoms with Crippen molar-refractivity contribution in [3.63, 3.8) is 0 Å². The topological polar surface area (TPSA) is 33.2 Å². The van der Waals surface area contributed by atoms with Crippen LogP contribution in [0.15, 0.2) is 18.3 Å². The molecule has 0 aliphatic carbocycles. The molecule has 3 nitrogen and oxygen atoms in total. The number of likely N-dealkylation sites (tertiary alicyclic amines) is 1. The van der Waals surface area contributed by atoms with E-state index in [9.17, 15) is 4.79 Å². The molecule has 0 atom stereocenters. The van der Waals surface area contributed by atoms with Crippen LogP contribution in [0.1, 0.15) is 41.7 Å². The first kappa shape index (κ1) is 11.1. The maximum atomic E-state index is 12.2. The van der Waals surface area contributed by atoms with Gasteiger partial charge in [0.1, 0.15) is 5.69 Å². The van der Waals surface area contributed by atoms with Crippen LogP contribution in [0.25, 0.3) is 0 Å². The minimum absolute atomic E-state index is 0.0972. The Morgan fingerprint density at radius 1 is 1.25 bits per heavy atom. The second kappa shape index (κ2) is 5.10. The maximum absolute atomic E-state index is 12.2. The molecule has 86 valence electrons. The number of rotatable bonds is 1. The van der Waals surface area contributed by atoms with Gasteiger partial charge in [-0.25, -0.2) is 0 Å². The lowest BCUT2D eigenvalue weighted by atomic mass is 10.2. The normalized spacial score (nSPS) is 16.9. The fourth-order valence-electron chi connectivity index (χ4n) is 2.13. The van der Waals surface area contributed by atoms with Gasteiger partial charge in [0.05, 0.1) is 0 Å². The third-order valence-corrected chi connectivity index (χ3v) is 3.11. The minimum Gasteiger partial charge on any atom is -0.337 e. The number of hydrogen-bond acceptors (Lipinski definition) is 2. The second-order valence-corrected chi connectivity index (χ2v) is 4.38. The number of nitrogens with zero attached hydrogens (tertiary/aromatic N) is 2. The highest BCUT2D eigenvalue weighted by atomic mass is 16.2. The Morgan fingerprint density at radius 3 is 2.56 bits per heavy atom. The molecule has 1 aromatic heterocycles. The maximum Gasteiger partial charge on any atom is 0.272 e. The quantitative estimate of drug-likeness (QED) is 0.725. The SMILES string of the molecule is Cc1cccnc1C(=O)N1CCCCCC1. The molecule has 1 saturated heterocycles. The average Bonchev–Trinajstić information content (AvgIpc) is 2.57. The fraction of sp³-hybridized carbons (Fsp3) is 0.538. The largest absolute Gasteiger partial charge is 0.337 e. The van der Waals surface area contributed by atoms with Crippen LogP contribution in [0, 0.1) is 6.92 Å². The molecule has 0 saturated carbocycles. The molecule has 1 aliphatic rings. The van der Waals surface area contributed by atoms with Crippen LogP contribution in [0.3, 0.4) is 0 Å². The molecule has 1 fully saturated rings. The second-order valence-electron chi connectivity index (χ2n) is 4.38. The van der Waals surface area contributed by atoms with Crippen molar-refractivity contribution in [1.29, 1.82) is 0 Å². The van der Waals surface area contributed by atoms with E-state index in [1.807, 2.05) is 24.0 Å². The Kier molecular flexibility index (Phi) is 3.54. The molecule has 1 amide bonds. The van der Waals surface area contributed by atoms with E-state index in [0.29, 0.717) is 5.69 Å². The van der Waals surface area contributed by atoms with E-state index in [0.717, 1.165) is 31.5 Å². The number of aryl methyl sites for hydroxylation is 1. The third-order valence-electron chi connectivity index (χ3n) is 3.11. The average molecular weight is 218 g/mol. The highest BCUT2D eigenvalue weighted by molar-refractivity contribution is 5.93. The van der Waals surface area contributed by atoms with Crippen LogP contribution in [-0.4, -0.2) is 28.9 Å². The number of hydrogen-bond donors (Lipinski definition) is 0. The molecule has 0 aromatic carbocycles. The van der Waals surface area contributed by atoms with Crippen molar-refractivity contribution in [3.05, 3.63) is 29.6 Å². The molecule has 0 unspecified atom stereocenters. The zero-order valence-corrected chi connectivity index (χ0v) is 9.78. The summed E-state index contributed by atoms with van der Waals surface area (Å²) in [5.74, 6) is 0.0972. The van der Waals surface area contributed by atoms with E-state index in [2.05, 4.69) is 4.98 Å². The first-order valence-corrected chi connectivity index (χ1v) is 6.00. The van der Waals surface area contributed by atoms with E-state index in [1.165, 1.54) is 12.8 Å². The lowest BCUT2D eigenvalue weighted by Crippen LogP contribution is -2.32. The van der Waals surface area contributed by atoms with E-state index in [4.69, 9.17) is 0 Å². The summed E-state index contributed by atoms with van der Waals surface area (Å²) >= 11 is 0. The van der Waals surface area contributed by atoms with Gasteiger partial charge in [0.25, 0.3) is 5.91 Å². The fourth-order valence-corrected chi connectivity index (χ4v) is 2.13. The van der Waals surface area contributed by atoms with Crippen molar-refractivity contribution >= 4 is 5.91 Å². The smallest absolute Gasteiger partial charge is 0.272 e. The summed E-state index contributed by atoms with van der Waals surface area (Å²) in [5, 5.41) is 0. The van der Waals surface area contributed by atoms with Gasteiger partial charge in [-0.1, -0.05) is 18.9 Å². The van der Waals surface area contributed by atoms with Gasteiger partial charge in [-0.15, -0.1) is 0 Å².